The summed E-state index contributed by atoms with van der Waals surface area (Å²) in [5.74, 6) is 0.268. The molecule has 4 rings (SSSR count). The van der Waals surface area contributed by atoms with Crippen molar-refractivity contribution in [2.24, 2.45) is 0 Å². The molecule has 0 atom stereocenters. The number of hydrogen-bond acceptors (Lipinski definition) is 5. The summed E-state index contributed by atoms with van der Waals surface area (Å²) in [5.41, 5.74) is 3.14. The maximum atomic E-state index is 11.9. The number of carbonyl (C=O) groups is 1. The van der Waals surface area contributed by atoms with E-state index < -0.39 is 0 Å². The first-order valence-electron chi connectivity index (χ1n) is 8.59. The van der Waals surface area contributed by atoms with E-state index in [0.717, 1.165) is 32.0 Å². The molecule has 0 N–H and O–H groups in total. The van der Waals surface area contributed by atoms with Gasteiger partial charge in [-0.05, 0) is 52.7 Å². The van der Waals surface area contributed by atoms with Crippen molar-refractivity contribution in [3.63, 3.8) is 0 Å². The van der Waals surface area contributed by atoms with Crippen molar-refractivity contribution in [3.8, 4) is 5.75 Å². The topological polar surface area (TPSA) is 61.8 Å². The standard InChI is InChI=1S/C21H17BrO5/c1-2-24-18(23)11-15-4-3-14-5-7-26-20(14)21(15)27-12-13-9-16-6-8-25-19(16)17(22)10-13/h3-10H,2,11-12H2,1H3. The van der Waals surface area contributed by atoms with Crippen LogP contribution in [0.5, 0.6) is 5.75 Å². The minimum Gasteiger partial charge on any atom is -0.485 e. The van der Waals surface area contributed by atoms with Crippen LogP contribution in [0.2, 0.25) is 0 Å². The van der Waals surface area contributed by atoms with E-state index in [9.17, 15) is 4.79 Å². The Bertz CT molecular complexity index is 1110. The Kier molecular flexibility index (Phi) is 4.90. The summed E-state index contributed by atoms with van der Waals surface area (Å²) in [7, 11) is 0. The van der Waals surface area contributed by atoms with Gasteiger partial charge in [-0.3, -0.25) is 4.79 Å². The van der Waals surface area contributed by atoms with E-state index in [1.807, 2.05) is 36.4 Å². The fraction of sp³-hybridized carbons (Fsp3) is 0.190. The van der Waals surface area contributed by atoms with Crippen molar-refractivity contribution >= 4 is 43.8 Å². The van der Waals surface area contributed by atoms with Gasteiger partial charge in [0.2, 0.25) is 0 Å². The number of halogens is 1. The second kappa shape index (κ2) is 7.48. The molecule has 0 saturated heterocycles. The minimum absolute atomic E-state index is 0.129. The first-order valence-corrected chi connectivity index (χ1v) is 9.38. The Balaban J connectivity index is 1.64. The number of fused-ring (bicyclic) bond motifs is 2. The third-order valence-electron chi connectivity index (χ3n) is 4.25. The van der Waals surface area contributed by atoms with Crippen LogP contribution < -0.4 is 4.74 Å². The van der Waals surface area contributed by atoms with Gasteiger partial charge in [0.1, 0.15) is 12.2 Å². The number of rotatable bonds is 6. The van der Waals surface area contributed by atoms with Crippen molar-refractivity contribution in [1.82, 2.24) is 0 Å². The first-order chi connectivity index (χ1) is 13.2. The zero-order valence-corrected chi connectivity index (χ0v) is 16.2. The third-order valence-corrected chi connectivity index (χ3v) is 4.84. The number of benzene rings is 2. The van der Waals surface area contributed by atoms with Gasteiger partial charge in [0.25, 0.3) is 0 Å². The van der Waals surface area contributed by atoms with Crippen molar-refractivity contribution in [2.45, 2.75) is 20.0 Å². The molecule has 4 aromatic rings. The second-order valence-electron chi connectivity index (χ2n) is 6.08. The normalized spacial score (nSPS) is 11.2. The Hall–Kier alpha value is -2.73. The maximum absolute atomic E-state index is 11.9. The van der Waals surface area contributed by atoms with E-state index in [-0.39, 0.29) is 12.4 Å². The van der Waals surface area contributed by atoms with Crippen LogP contribution >= 0.6 is 15.9 Å². The molecule has 2 heterocycles. The van der Waals surface area contributed by atoms with E-state index in [1.165, 1.54) is 0 Å². The molecule has 138 valence electrons. The Morgan fingerprint density at radius 2 is 1.81 bits per heavy atom. The SMILES string of the molecule is CCOC(=O)Cc1ccc2ccoc2c1OCc1cc(Br)c2occc2c1. The van der Waals surface area contributed by atoms with E-state index >= 15 is 0 Å². The molecule has 2 aromatic heterocycles. The van der Waals surface area contributed by atoms with Gasteiger partial charge in [0.05, 0.1) is 30.0 Å². The van der Waals surface area contributed by atoms with Gasteiger partial charge in [0, 0.05) is 16.3 Å². The summed E-state index contributed by atoms with van der Waals surface area (Å²) in [6.07, 6.45) is 3.39. The summed E-state index contributed by atoms with van der Waals surface area (Å²) >= 11 is 3.52. The monoisotopic (exact) mass is 428 g/mol. The van der Waals surface area contributed by atoms with Gasteiger partial charge in [-0.15, -0.1) is 0 Å². The van der Waals surface area contributed by atoms with Crippen LogP contribution in [-0.4, -0.2) is 12.6 Å². The predicted molar refractivity (Wildman–Crippen MR) is 105 cm³/mol. The molecule has 0 fully saturated rings. The highest BCUT2D eigenvalue weighted by Crippen LogP contribution is 2.33. The molecule has 0 aliphatic rings. The average molecular weight is 429 g/mol. The average Bonchev–Trinajstić information content (AvgIpc) is 3.30. The number of carbonyl (C=O) groups excluding carboxylic acids is 1. The molecule has 0 bridgehead atoms. The van der Waals surface area contributed by atoms with Crippen LogP contribution in [0.25, 0.3) is 21.9 Å². The molecular formula is C21H17BrO5. The molecule has 0 spiro atoms. The largest absolute Gasteiger partial charge is 0.485 e. The highest BCUT2D eigenvalue weighted by molar-refractivity contribution is 9.10. The lowest BCUT2D eigenvalue weighted by Gasteiger charge is -2.12. The van der Waals surface area contributed by atoms with E-state index in [0.29, 0.717) is 24.5 Å². The summed E-state index contributed by atoms with van der Waals surface area (Å²) in [4.78, 5) is 11.9. The summed E-state index contributed by atoms with van der Waals surface area (Å²) < 4.78 is 23.1. The summed E-state index contributed by atoms with van der Waals surface area (Å²) in [6, 6.07) is 11.5. The molecule has 0 aliphatic carbocycles. The second-order valence-corrected chi connectivity index (χ2v) is 6.93. The van der Waals surface area contributed by atoms with Crippen molar-refractivity contribution in [1.29, 1.82) is 0 Å². The Morgan fingerprint density at radius 3 is 2.63 bits per heavy atom. The van der Waals surface area contributed by atoms with Crippen LogP contribution in [0.3, 0.4) is 0 Å². The molecule has 6 heteroatoms. The molecule has 0 aliphatic heterocycles. The number of ether oxygens (including phenoxy) is 2. The number of furan rings is 2. The summed E-state index contributed by atoms with van der Waals surface area (Å²) in [5, 5.41) is 1.91. The molecule has 0 amide bonds. The molecule has 0 radical (unpaired) electrons. The van der Waals surface area contributed by atoms with Crippen LogP contribution in [-0.2, 0) is 22.6 Å². The fourth-order valence-corrected chi connectivity index (χ4v) is 3.66. The van der Waals surface area contributed by atoms with Gasteiger partial charge >= 0.3 is 5.97 Å². The van der Waals surface area contributed by atoms with Gasteiger partial charge in [-0.1, -0.05) is 12.1 Å². The molecule has 27 heavy (non-hydrogen) atoms. The van der Waals surface area contributed by atoms with E-state index in [2.05, 4.69) is 15.9 Å². The molecule has 2 aromatic carbocycles. The van der Waals surface area contributed by atoms with Gasteiger partial charge in [-0.25, -0.2) is 0 Å². The van der Waals surface area contributed by atoms with Crippen molar-refractivity contribution < 1.29 is 23.1 Å². The maximum Gasteiger partial charge on any atom is 0.310 e. The van der Waals surface area contributed by atoms with Crippen LogP contribution in [0.1, 0.15) is 18.1 Å². The van der Waals surface area contributed by atoms with E-state index in [4.69, 9.17) is 18.3 Å². The molecule has 5 nitrogen and oxygen atoms in total. The lowest BCUT2D eigenvalue weighted by Crippen LogP contribution is -2.09. The molecular weight excluding hydrogens is 412 g/mol. The smallest absolute Gasteiger partial charge is 0.310 e. The van der Waals surface area contributed by atoms with Crippen LogP contribution in [0.4, 0.5) is 0 Å². The minimum atomic E-state index is -0.296. The van der Waals surface area contributed by atoms with Crippen LogP contribution in [0.15, 0.2) is 62.2 Å². The van der Waals surface area contributed by atoms with Crippen molar-refractivity contribution in [2.75, 3.05) is 6.61 Å². The molecule has 0 unspecified atom stereocenters. The zero-order valence-electron chi connectivity index (χ0n) is 14.7. The Morgan fingerprint density at radius 1 is 1.04 bits per heavy atom. The van der Waals surface area contributed by atoms with Crippen molar-refractivity contribution in [3.05, 3.63) is 64.5 Å². The quantitative estimate of drug-likeness (QED) is 0.372. The van der Waals surface area contributed by atoms with E-state index in [1.54, 1.807) is 19.5 Å². The van der Waals surface area contributed by atoms with Gasteiger partial charge in [-0.2, -0.15) is 0 Å². The lowest BCUT2D eigenvalue weighted by molar-refractivity contribution is -0.142. The van der Waals surface area contributed by atoms with Gasteiger partial charge in [0.15, 0.2) is 11.3 Å². The Labute approximate surface area is 164 Å². The highest BCUT2D eigenvalue weighted by atomic mass is 79.9. The molecule has 0 saturated carbocycles. The number of hydrogen-bond donors (Lipinski definition) is 0. The lowest BCUT2D eigenvalue weighted by atomic mass is 10.1. The summed E-state index contributed by atoms with van der Waals surface area (Å²) in [6.45, 7) is 2.46. The fourth-order valence-electron chi connectivity index (χ4n) is 3.05. The zero-order chi connectivity index (χ0) is 18.8. The highest BCUT2D eigenvalue weighted by Gasteiger charge is 2.16. The first kappa shape index (κ1) is 17.7. The number of esters is 1. The van der Waals surface area contributed by atoms with Crippen LogP contribution in [0, 0.1) is 0 Å². The predicted octanol–water partition coefficient (Wildman–Crippen LogP) is 5.63. The third kappa shape index (κ3) is 3.57. The van der Waals surface area contributed by atoms with Gasteiger partial charge < -0.3 is 18.3 Å².